The minimum Gasteiger partial charge on any atom is -0.315 e. The molecule has 2 aliphatic rings. The summed E-state index contributed by atoms with van der Waals surface area (Å²) in [5, 5.41) is 3.42. The zero-order valence-electron chi connectivity index (χ0n) is 10.1. The molecule has 0 amide bonds. The molecular weight excluding hydrogens is 215 g/mol. The summed E-state index contributed by atoms with van der Waals surface area (Å²) in [5.74, 6) is -0.0158. The molecule has 3 rings (SSSR count). The van der Waals surface area contributed by atoms with Gasteiger partial charge in [-0.3, -0.25) is 4.90 Å². The summed E-state index contributed by atoms with van der Waals surface area (Å²) in [6.45, 7) is 4.38. The number of benzene rings is 1. The van der Waals surface area contributed by atoms with Crippen LogP contribution in [-0.4, -0.2) is 31.1 Å². The SMILES string of the molecule is Fc1cccc2c1CCC2N1CCCNCC1. The van der Waals surface area contributed by atoms with Gasteiger partial charge in [0.2, 0.25) is 0 Å². The van der Waals surface area contributed by atoms with E-state index in [2.05, 4.69) is 16.3 Å². The van der Waals surface area contributed by atoms with Crippen molar-refractivity contribution in [2.45, 2.75) is 25.3 Å². The van der Waals surface area contributed by atoms with Gasteiger partial charge in [0.05, 0.1) is 0 Å². The molecule has 1 atom stereocenters. The molecule has 1 aromatic rings. The molecule has 0 saturated carbocycles. The monoisotopic (exact) mass is 234 g/mol. The van der Waals surface area contributed by atoms with Gasteiger partial charge in [-0.05, 0) is 43.0 Å². The van der Waals surface area contributed by atoms with Crippen molar-refractivity contribution in [3.05, 3.63) is 35.1 Å². The molecule has 92 valence electrons. The Bertz CT molecular complexity index is 397. The molecule has 1 fully saturated rings. The van der Waals surface area contributed by atoms with Gasteiger partial charge >= 0.3 is 0 Å². The normalized spacial score (nSPS) is 25.6. The van der Waals surface area contributed by atoms with E-state index < -0.39 is 0 Å². The third kappa shape index (κ3) is 2.09. The van der Waals surface area contributed by atoms with Gasteiger partial charge in [0, 0.05) is 25.7 Å². The second-order valence-electron chi connectivity index (χ2n) is 5.00. The Balaban J connectivity index is 1.84. The standard InChI is InChI=1S/C14H19FN2/c15-13-4-1-3-12-11(13)5-6-14(12)17-9-2-7-16-8-10-17/h1,3-4,14,16H,2,5-10H2. The first-order valence-corrected chi connectivity index (χ1v) is 6.58. The predicted octanol–water partition coefficient (Wildman–Crippen LogP) is 2.11. The molecule has 0 radical (unpaired) electrons. The van der Waals surface area contributed by atoms with Crippen LogP contribution >= 0.6 is 0 Å². The predicted molar refractivity (Wildman–Crippen MR) is 66.5 cm³/mol. The number of hydrogen-bond acceptors (Lipinski definition) is 2. The third-order valence-corrected chi connectivity index (χ3v) is 4.00. The van der Waals surface area contributed by atoms with Gasteiger partial charge in [-0.15, -0.1) is 0 Å². The highest BCUT2D eigenvalue weighted by Crippen LogP contribution is 2.36. The van der Waals surface area contributed by atoms with E-state index in [0.717, 1.165) is 44.6 Å². The van der Waals surface area contributed by atoms with Crippen molar-refractivity contribution >= 4 is 0 Å². The summed E-state index contributed by atoms with van der Waals surface area (Å²) < 4.78 is 13.7. The maximum atomic E-state index is 13.7. The lowest BCUT2D eigenvalue weighted by atomic mass is 10.1. The Morgan fingerprint density at radius 2 is 2.18 bits per heavy atom. The van der Waals surface area contributed by atoms with E-state index >= 15 is 0 Å². The number of fused-ring (bicyclic) bond motifs is 1. The lowest BCUT2D eigenvalue weighted by Gasteiger charge is -2.27. The third-order valence-electron chi connectivity index (χ3n) is 4.00. The summed E-state index contributed by atoms with van der Waals surface area (Å²) in [5.41, 5.74) is 2.18. The fourth-order valence-corrected chi connectivity index (χ4v) is 3.15. The van der Waals surface area contributed by atoms with Crippen LogP contribution in [0.5, 0.6) is 0 Å². The van der Waals surface area contributed by atoms with Gasteiger partial charge < -0.3 is 5.32 Å². The zero-order valence-corrected chi connectivity index (χ0v) is 10.1. The van der Waals surface area contributed by atoms with E-state index in [1.807, 2.05) is 6.07 Å². The smallest absolute Gasteiger partial charge is 0.126 e. The number of halogens is 1. The largest absolute Gasteiger partial charge is 0.315 e. The second-order valence-corrected chi connectivity index (χ2v) is 5.00. The zero-order chi connectivity index (χ0) is 11.7. The molecule has 0 bridgehead atoms. The van der Waals surface area contributed by atoms with Crippen LogP contribution in [0.15, 0.2) is 18.2 Å². The first kappa shape index (κ1) is 11.2. The van der Waals surface area contributed by atoms with E-state index in [9.17, 15) is 4.39 Å². The van der Waals surface area contributed by atoms with E-state index in [0.29, 0.717) is 6.04 Å². The van der Waals surface area contributed by atoms with Crippen LogP contribution in [-0.2, 0) is 6.42 Å². The van der Waals surface area contributed by atoms with Crippen LogP contribution in [0, 0.1) is 5.82 Å². The fraction of sp³-hybridized carbons (Fsp3) is 0.571. The van der Waals surface area contributed by atoms with Crippen LogP contribution in [0.4, 0.5) is 4.39 Å². The molecule has 1 saturated heterocycles. The molecule has 1 aliphatic carbocycles. The number of nitrogens with one attached hydrogen (secondary N) is 1. The van der Waals surface area contributed by atoms with Crippen molar-refractivity contribution in [2.75, 3.05) is 26.2 Å². The fourth-order valence-electron chi connectivity index (χ4n) is 3.15. The summed E-state index contributed by atoms with van der Waals surface area (Å²) in [4.78, 5) is 2.52. The Kier molecular flexibility index (Phi) is 3.12. The highest BCUT2D eigenvalue weighted by Gasteiger charge is 2.29. The van der Waals surface area contributed by atoms with Crippen LogP contribution < -0.4 is 5.32 Å². The van der Waals surface area contributed by atoms with E-state index in [-0.39, 0.29) is 5.82 Å². The summed E-state index contributed by atoms with van der Waals surface area (Å²) in [6.07, 6.45) is 3.17. The van der Waals surface area contributed by atoms with Crippen molar-refractivity contribution in [1.29, 1.82) is 0 Å². The van der Waals surface area contributed by atoms with Crippen LogP contribution in [0.1, 0.15) is 30.0 Å². The lowest BCUT2D eigenvalue weighted by molar-refractivity contribution is 0.210. The molecule has 2 nitrogen and oxygen atoms in total. The number of nitrogens with zero attached hydrogens (tertiary/aromatic N) is 1. The van der Waals surface area contributed by atoms with Gasteiger partial charge in [0.25, 0.3) is 0 Å². The molecule has 17 heavy (non-hydrogen) atoms. The molecule has 3 heteroatoms. The minimum absolute atomic E-state index is 0.0158. The highest BCUT2D eigenvalue weighted by atomic mass is 19.1. The van der Waals surface area contributed by atoms with Crippen LogP contribution in [0.2, 0.25) is 0 Å². The van der Waals surface area contributed by atoms with Crippen molar-refractivity contribution in [1.82, 2.24) is 10.2 Å². The van der Waals surface area contributed by atoms with Gasteiger partial charge in [-0.1, -0.05) is 12.1 Å². The molecule has 1 aliphatic heterocycles. The number of hydrogen-bond donors (Lipinski definition) is 1. The molecule has 1 N–H and O–H groups in total. The van der Waals surface area contributed by atoms with Crippen LogP contribution in [0.3, 0.4) is 0 Å². The lowest BCUT2D eigenvalue weighted by Crippen LogP contribution is -2.31. The Morgan fingerprint density at radius 1 is 1.24 bits per heavy atom. The van der Waals surface area contributed by atoms with Gasteiger partial charge in [-0.25, -0.2) is 4.39 Å². The van der Waals surface area contributed by atoms with E-state index in [1.165, 1.54) is 12.0 Å². The Labute approximate surface area is 102 Å². The maximum Gasteiger partial charge on any atom is 0.126 e. The maximum absolute atomic E-state index is 13.7. The first-order chi connectivity index (χ1) is 8.36. The topological polar surface area (TPSA) is 15.3 Å². The van der Waals surface area contributed by atoms with E-state index in [1.54, 1.807) is 6.07 Å². The molecule has 1 heterocycles. The van der Waals surface area contributed by atoms with Gasteiger partial charge in [-0.2, -0.15) is 0 Å². The number of rotatable bonds is 1. The molecule has 0 aromatic heterocycles. The van der Waals surface area contributed by atoms with Crippen molar-refractivity contribution < 1.29 is 4.39 Å². The summed E-state index contributed by atoms with van der Waals surface area (Å²) in [7, 11) is 0. The van der Waals surface area contributed by atoms with Crippen molar-refractivity contribution in [3.63, 3.8) is 0 Å². The average molecular weight is 234 g/mol. The molecule has 1 aromatic carbocycles. The van der Waals surface area contributed by atoms with Gasteiger partial charge in [0.1, 0.15) is 5.82 Å². The highest BCUT2D eigenvalue weighted by molar-refractivity contribution is 5.35. The first-order valence-electron chi connectivity index (χ1n) is 6.58. The Morgan fingerprint density at radius 3 is 3.12 bits per heavy atom. The summed E-state index contributed by atoms with van der Waals surface area (Å²) >= 11 is 0. The molecular formula is C14H19FN2. The van der Waals surface area contributed by atoms with Gasteiger partial charge in [0.15, 0.2) is 0 Å². The van der Waals surface area contributed by atoms with Crippen molar-refractivity contribution in [3.8, 4) is 0 Å². The molecule has 0 spiro atoms. The van der Waals surface area contributed by atoms with Crippen LogP contribution in [0.25, 0.3) is 0 Å². The Hall–Kier alpha value is -0.930. The summed E-state index contributed by atoms with van der Waals surface area (Å²) in [6, 6.07) is 5.99. The molecule has 1 unspecified atom stereocenters. The second kappa shape index (κ2) is 4.75. The quantitative estimate of drug-likeness (QED) is 0.800. The van der Waals surface area contributed by atoms with Crippen molar-refractivity contribution in [2.24, 2.45) is 0 Å². The minimum atomic E-state index is -0.0158. The average Bonchev–Trinajstić information content (AvgIpc) is 2.59. The van der Waals surface area contributed by atoms with E-state index in [4.69, 9.17) is 0 Å².